The summed E-state index contributed by atoms with van der Waals surface area (Å²) in [5.41, 5.74) is 0.748. The summed E-state index contributed by atoms with van der Waals surface area (Å²) in [5, 5.41) is 2.57. The standard InChI is InChI=1S/C10H11BrFNO/c1-3-13-10(14)9-6(2)4-7(11)5-8(9)12/h4-5H,3H2,1-2H3,(H,13,14). The minimum absolute atomic E-state index is 0.120. The first-order valence-corrected chi connectivity index (χ1v) is 5.09. The zero-order chi connectivity index (χ0) is 10.7. The van der Waals surface area contributed by atoms with Gasteiger partial charge in [-0.05, 0) is 31.5 Å². The quantitative estimate of drug-likeness (QED) is 0.870. The topological polar surface area (TPSA) is 29.1 Å². The summed E-state index contributed by atoms with van der Waals surface area (Å²) in [4.78, 5) is 11.4. The molecular formula is C10H11BrFNO. The highest BCUT2D eigenvalue weighted by molar-refractivity contribution is 9.10. The van der Waals surface area contributed by atoms with Crippen LogP contribution in [-0.2, 0) is 0 Å². The van der Waals surface area contributed by atoms with Crippen LogP contribution in [0.2, 0.25) is 0 Å². The van der Waals surface area contributed by atoms with Gasteiger partial charge in [0.05, 0.1) is 5.56 Å². The molecule has 0 atom stereocenters. The number of nitrogens with one attached hydrogen (secondary N) is 1. The highest BCUT2D eigenvalue weighted by Gasteiger charge is 2.14. The number of carbonyl (C=O) groups is 1. The van der Waals surface area contributed by atoms with Crippen LogP contribution in [0.5, 0.6) is 0 Å². The summed E-state index contributed by atoms with van der Waals surface area (Å²) in [6, 6.07) is 3.01. The van der Waals surface area contributed by atoms with Crippen LogP contribution in [0.25, 0.3) is 0 Å². The average molecular weight is 260 g/mol. The Balaban J connectivity index is 3.14. The molecule has 1 amide bonds. The predicted octanol–water partition coefficient (Wildman–Crippen LogP) is 2.65. The summed E-state index contributed by atoms with van der Waals surface area (Å²) in [7, 11) is 0. The zero-order valence-electron chi connectivity index (χ0n) is 8.03. The number of hydrogen-bond acceptors (Lipinski definition) is 1. The molecule has 1 aromatic carbocycles. The van der Waals surface area contributed by atoms with Crippen LogP contribution in [0.15, 0.2) is 16.6 Å². The van der Waals surface area contributed by atoms with Gasteiger partial charge in [-0.1, -0.05) is 15.9 Å². The number of benzene rings is 1. The van der Waals surface area contributed by atoms with Gasteiger partial charge in [0.2, 0.25) is 0 Å². The molecule has 1 N–H and O–H groups in total. The number of carbonyl (C=O) groups excluding carboxylic acids is 1. The maximum absolute atomic E-state index is 13.4. The lowest BCUT2D eigenvalue weighted by Crippen LogP contribution is -2.24. The first-order valence-electron chi connectivity index (χ1n) is 4.30. The zero-order valence-corrected chi connectivity index (χ0v) is 9.61. The van der Waals surface area contributed by atoms with Crippen molar-refractivity contribution in [2.45, 2.75) is 13.8 Å². The molecule has 0 bridgehead atoms. The Morgan fingerprint density at radius 3 is 2.71 bits per heavy atom. The van der Waals surface area contributed by atoms with Crippen LogP contribution in [0, 0.1) is 12.7 Å². The largest absolute Gasteiger partial charge is 0.352 e. The second-order valence-electron chi connectivity index (χ2n) is 2.94. The summed E-state index contributed by atoms with van der Waals surface area (Å²) < 4.78 is 14.0. The van der Waals surface area contributed by atoms with Crippen molar-refractivity contribution in [3.05, 3.63) is 33.5 Å². The van der Waals surface area contributed by atoms with Gasteiger partial charge < -0.3 is 5.32 Å². The second kappa shape index (κ2) is 4.55. The molecule has 0 aliphatic carbocycles. The maximum Gasteiger partial charge on any atom is 0.254 e. The lowest BCUT2D eigenvalue weighted by molar-refractivity contribution is 0.0951. The van der Waals surface area contributed by atoms with Gasteiger partial charge in [-0.25, -0.2) is 4.39 Å². The number of rotatable bonds is 2. The van der Waals surface area contributed by atoms with E-state index < -0.39 is 5.82 Å². The van der Waals surface area contributed by atoms with Crippen molar-refractivity contribution in [1.29, 1.82) is 0 Å². The van der Waals surface area contributed by atoms with Crippen LogP contribution in [-0.4, -0.2) is 12.5 Å². The summed E-state index contributed by atoms with van der Waals surface area (Å²) >= 11 is 3.16. The van der Waals surface area contributed by atoms with Gasteiger partial charge in [0.15, 0.2) is 0 Å². The Kier molecular flexibility index (Phi) is 3.63. The molecule has 0 fully saturated rings. The lowest BCUT2D eigenvalue weighted by Gasteiger charge is -2.07. The van der Waals surface area contributed by atoms with Crippen molar-refractivity contribution >= 4 is 21.8 Å². The van der Waals surface area contributed by atoms with Crippen LogP contribution >= 0.6 is 15.9 Å². The molecule has 0 aliphatic rings. The van der Waals surface area contributed by atoms with E-state index in [4.69, 9.17) is 0 Å². The Hall–Kier alpha value is -0.900. The van der Waals surface area contributed by atoms with E-state index in [1.165, 1.54) is 6.07 Å². The van der Waals surface area contributed by atoms with E-state index in [0.29, 0.717) is 16.6 Å². The van der Waals surface area contributed by atoms with Crippen LogP contribution in [0.4, 0.5) is 4.39 Å². The Bertz CT molecular complexity index is 342. The fourth-order valence-electron chi connectivity index (χ4n) is 1.24. The number of amides is 1. The van der Waals surface area contributed by atoms with E-state index in [1.54, 1.807) is 19.9 Å². The van der Waals surface area contributed by atoms with Gasteiger partial charge >= 0.3 is 0 Å². The minimum Gasteiger partial charge on any atom is -0.352 e. The second-order valence-corrected chi connectivity index (χ2v) is 3.85. The van der Waals surface area contributed by atoms with Crippen molar-refractivity contribution in [2.24, 2.45) is 0 Å². The van der Waals surface area contributed by atoms with Crippen molar-refractivity contribution < 1.29 is 9.18 Å². The Labute approximate surface area is 90.6 Å². The smallest absolute Gasteiger partial charge is 0.254 e. The normalized spacial score (nSPS) is 10.0. The fourth-order valence-corrected chi connectivity index (χ4v) is 1.78. The van der Waals surface area contributed by atoms with E-state index in [0.717, 1.165) is 0 Å². The van der Waals surface area contributed by atoms with E-state index in [2.05, 4.69) is 21.2 Å². The number of aryl methyl sites for hydroxylation is 1. The van der Waals surface area contributed by atoms with E-state index >= 15 is 0 Å². The van der Waals surface area contributed by atoms with Crippen molar-refractivity contribution in [3.8, 4) is 0 Å². The lowest BCUT2D eigenvalue weighted by atomic mass is 10.1. The van der Waals surface area contributed by atoms with Crippen molar-refractivity contribution in [2.75, 3.05) is 6.54 Å². The van der Waals surface area contributed by atoms with Gasteiger partial charge in [0.1, 0.15) is 5.82 Å². The molecule has 4 heteroatoms. The molecule has 0 radical (unpaired) electrons. The third-order valence-electron chi connectivity index (χ3n) is 1.82. The average Bonchev–Trinajstić information content (AvgIpc) is 2.01. The molecule has 14 heavy (non-hydrogen) atoms. The molecule has 0 aromatic heterocycles. The van der Waals surface area contributed by atoms with Gasteiger partial charge in [-0.3, -0.25) is 4.79 Å². The Morgan fingerprint density at radius 1 is 1.57 bits per heavy atom. The molecule has 1 rings (SSSR count). The molecule has 0 heterocycles. The van der Waals surface area contributed by atoms with Crippen molar-refractivity contribution in [1.82, 2.24) is 5.32 Å². The fraction of sp³-hybridized carbons (Fsp3) is 0.300. The molecule has 0 aliphatic heterocycles. The predicted molar refractivity (Wildman–Crippen MR) is 56.8 cm³/mol. The summed E-state index contributed by atoms with van der Waals surface area (Å²) in [5.74, 6) is -0.863. The van der Waals surface area contributed by atoms with Crippen LogP contribution < -0.4 is 5.32 Å². The molecular weight excluding hydrogens is 249 g/mol. The molecule has 0 unspecified atom stereocenters. The van der Waals surface area contributed by atoms with Gasteiger partial charge in [0.25, 0.3) is 5.91 Å². The van der Waals surface area contributed by atoms with Crippen molar-refractivity contribution in [3.63, 3.8) is 0 Å². The molecule has 0 saturated heterocycles. The molecule has 1 aromatic rings. The van der Waals surface area contributed by atoms with E-state index in [-0.39, 0.29) is 11.5 Å². The van der Waals surface area contributed by atoms with Gasteiger partial charge in [-0.2, -0.15) is 0 Å². The van der Waals surface area contributed by atoms with Crippen LogP contribution in [0.1, 0.15) is 22.8 Å². The molecule has 76 valence electrons. The first-order chi connectivity index (χ1) is 6.56. The number of hydrogen-bond donors (Lipinski definition) is 1. The molecule has 2 nitrogen and oxygen atoms in total. The monoisotopic (exact) mass is 259 g/mol. The molecule has 0 spiro atoms. The third kappa shape index (κ3) is 2.32. The minimum atomic E-state index is -0.497. The van der Waals surface area contributed by atoms with Gasteiger partial charge in [-0.15, -0.1) is 0 Å². The summed E-state index contributed by atoms with van der Waals surface area (Å²) in [6.07, 6.45) is 0. The van der Waals surface area contributed by atoms with Gasteiger partial charge in [0, 0.05) is 11.0 Å². The maximum atomic E-state index is 13.4. The highest BCUT2D eigenvalue weighted by atomic mass is 79.9. The Morgan fingerprint density at radius 2 is 2.21 bits per heavy atom. The van der Waals surface area contributed by atoms with E-state index in [1.807, 2.05) is 0 Å². The SMILES string of the molecule is CCNC(=O)c1c(C)cc(Br)cc1F. The van der Waals surface area contributed by atoms with Crippen LogP contribution in [0.3, 0.4) is 0 Å². The summed E-state index contributed by atoms with van der Waals surface area (Å²) in [6.45, 7) is 4.00. The highest BCUT2D eigenvalue weighted by Crippen LogP contribution is 2.19. The third-order valence-corrected chi connectivity index (χ3v) is 2.27. The van der Waals surface area contributed by atoms with E-state index in [9.17, 15) is 9.18 Å². The first kappa shape index (κ1) is 11.2. The number of halogens is 2. The molecule has 0 saturated carbocycles.